The zero-order chi connectivity index (χ0) is 21.1. The molecule has 2 aliphatic rings. The average molecular weight is 411 g/mol. The summed E-state index contributed by atoms with van der Waals surface area (Å²) in [5.41, 5.74) is 1.86. The number of nitrogens with zero attached hydrogens (tertiary/aromatic N) is 4. The molecule has 0 amide bonds. The van der Waals surface area contributed by atoms with Crippen LogP contribution in [0.4, 0.5) is 17.6 Å². The maximum atomic E-state index is 8.88. The van der Waals surface area contributed by atoms with E-state index in [1.54, 1.807) is 7.11 Å². The third-order valence-corrected chi connectivity index (χ3v) is 6.09. The van der Waals surface area contributed by atoms with Crippen molar-refractivity contribution in [3.05, 3.63) is 17.3 Å². The molecule has 2 unspecified atom stereocenters. The van der Waals surface area contributed by atoms with E-state index in [4.69, 9.17) is 15.0 Å². The molecule has 30 heavy (non-hydrogen) atoms. The van der Waals surface area contributed by atoms with Crippen molar-refractivity contribution in [1.82, 2.24) is 25.5 Å². The van der Waals surface area contributed by atoms with Crippen molar-refractivity contribution < 1.29 is 4.74 Å². The summed E-state index contributed by atoms with van der Waals surface area (Å²) in [7, 11) is 1.62. The number of nitriles is 1. The van der Waals surface area contributed by atoms with Gasteiger partial charge in [0.1, 0.15) is 5.82 Å². The van der Waals surface area contributed by atoms with E-state index < -0.39 is 0 Å². The molecule has 4 N–H and O–H groups in total. The molecule has 2 saturated heterocycles. The molecule has 2 bridgehead atoms. The first-order valence-corrected chi connectivity index (χ1v) is 10.6. The summed E-state index contributed by atoms with van der Waals surface area (Å²) in [6.07, 6.45) is 6.07. The lowest BCUT2D eigenvalue weighted by molar-refractivity contribution is 0.171. The second-order valence-corrected chi connectivity index (χ2v) is 8.50. The molecule has 0 spiro atoms. The second-order valence-electron chi connectivity index (χ2n) is 8.50. The summed E-state index contributed by atoms with van der Waals surface area (Å²) >= 11 is 0. The molecular formula is C21H30N8O. The summed E-state index contributed by atoms with van der Waals surface area (Å²) in [4.78, 5) is 9.17. The molecule has 2 aromatic heterocycles. The van der Waals surface area contributed by atoms with Crippen LogP contribution in [0.1, 0.15) is 49.8 Å². The van der Waals surface area contributed by atoms with E-state index in [0.717, 1.165) is 49.2 Å². The van der Waals surface area contributed by atoms with Crippen molar-refractivity contribution in [2.24, 2.45) is 5.92 Å². The number of aryl methyl sites for hydroxylation is 1. The number of aromatic nitrogens is 4. The first-order valence-electron chi connectivity index (χ1n) is 10.6. The van der Waals surface area contributed by atoms with E-state index in [2.05, 4.69) is 37.2 Å². The first-order chi connectivity index (χ1) is 14.5. The van der Waals surface area contributed by atoms with Crippen LogP contribution in [0.15, 0.2) is 6.07 Å². The highest BCUT2D eigenvalue weighted by Crippen LogP contribution is 2.34. The number of methoxy groups -OCH3 is 1. The summed E-state index contributed by atoms with van der Waals surface area (Å²) in [6, 6.07) is 5.52. The Kier molecular flexibility index (Phi) is 6.04. The molecule has 0 aliphatic carbocycles. The van der Waals surface area contributed by atoms with Gasteiger partial charge in [0.25, 0.3) is 0 Å². The van der Waals surface area contributed by atoms with Crippen molar-refractivity contribution in [1.29, 1.82) is 5.26 Å². The molecule has 160 valence electrons. The Bertz CT molecular complexity index is 906. The fourth-order valence-electron chi connectivity index (χ4n) is 4.79. The van der Waals surface area contributed by atoms with Crippen LogP contribution in [-0.2, 0) is 0 Å². The van der Waals surface area contributed by atoms with Gasteiger partial charge in [0.2, 0.25) is 11.8 Å². The number of rotatable bonds is 7. The van der Waals surface area contributed by atoms with Crippen molar-refractivity contribution in [3.63, 3.8) is 0 Å². The highest BCUT2D eigenvalue weighted by Gasteiger charge is 2.35. The van der Waals surface area contributed by atoms with Crippen LogP contribution in [-0.4, -0.2) is 45.4 Å². The minimum atomic E-state index is 0.344. The van der Waals surface area contributed by atoms with Gasteiger partial charge in [-0.2, -0.15) is 20.3 Å². The topological polar surface area (TPSA) is 124 Å². The number of fused-ring (bicyclic) bond motifs is 2. The normalized spacial score (nSPS) is 25.4. The number of anilines is 3. The fourth-order valence-corrected chi connectivity index (χ4v) is 4.79. The first kappa shape index (κ1) is 20.4. The Morgan fingerprint density at radius 3 is 2.60 bits per heavy atom. The van der Waals surface area contributed by atoms with Gasteiger partial charge < -0.3 is 20.7 Å². The molecule has 9 nitrogen and oxygen atoms in total. The molecule has 0 saturated carbocycles. The summed E-state index contributed by atoms with van der Waals surface area (Å²) < 4.78 is 5.49. The van der Waals surface area contributed by atoms with Gasteiger partial charge in [-0.05, 0) is 51.9 Å². The molecule has 2 fully saturated rings. The highest BCUT2D eigenvalue weighted by atomic mass is 16.5. The smallest absolute Gasteiger partial charge is 0.233 e. The molecule has 9 heteroatoms. The largest absolute Gasteiger partial charge is 0.481 e. The van der Waals surface area contributed by atoms with Gasteiger partial charge >= 0.3 is 0 Å². The number of piperidine rings is 2. The Balaban J connectivity index is 1.46. The summed E-state index contributed by atoms with van der Waals surface area (Å²) in [5.74, 6) is 3.13. The third kappa shape index (κ3) is 4.65. The third-order valence-electron chi connectivity index (χ3n) is 6.09. The Morgan fingerprint density at radius 2 is 1.97 bits per heavy atom. The van der Waals surface area contributed by atoms with Crippen LogP contribution >= 0.6 is 0 Å². The van der Waals surface area contributed by atoms with Gasteiger partial charge in [-0.1, -0.05) is 0 Å². The van der Waals surface area contributed by atoms with Crippen LogP contribution in [0.5, 0.6) is 5.88 Å². The number of aromatic amines is 1. The van der Waals surface area contributed by atoms with Crippen LogP contribution < -0.4 is 20.7 Å². The Hall–Kier alpha value is -2.86. The predicted molar refractivity (Wildman–Crippen MR) is 115 cm³/mol. The quantitative estimate of drug-likeness (QED) is 0.549. The van der Waals surface area contributed by atoms with Crippen LogP contribution in [0, 0.1) is 31.1 Å². The predicted octanol–water partition coefficient (Wildman–Crippen LogP) is 3.18. The summed E-state index contributed by atoms with van der Waals surface area (Å²) in [6.45, 7) is 3.92. The van der Waals surface area contributed by atoms with Crippen molar-refractivity contribution in [3.8, 4) is 11.9 Å². The van der Waals surface area contributed by atoms with Crippen LogP contribution in [0.3, 0.4) is 0 Å². The van der Waals surface area contributed by atoms with Gasteiger partial charge in [0.05, 0.1) is 18.7 Å². The molecule has 2 atom stereocenters. The van der Waals surface area contributed by atoms with Gasteiger partial charge in [-0.15, -0.1) is 0 Å². The molecule has 2 aromatic rings. The molecule has 4 rings (SSSR count). The van der Waals surface area contributed by atoms with Crippen LogP contribution in [0.2, 0.25) is 0 Å². The molecular weight excluding hydrogens is 380 g/mol. The number of H-pyrrole nitrogens is 1. The molecule has 0 aromatic carbocycles. The Labute approximate surface area is 177 Å². The number of nitrogens with one attached hydrogen (secondary N) is 4. The van der Waals surface area contributed by atoms with E-state index in [-0.39, 0.29) is 0 Å². The maximum Gasteiger partial charge on any atom is 0.233 e. The Morgan fingerprint density at radius 1 is 1.20 bits per heavy atom. The zero-order valence-electron chi connectivity index (χ0n) is 17.8. The fraction of sp³-hybridized carbons (Fsp3) is 0.619. The molecule has 4 heterocycles. The second kappa shape index (κ2) is 8.88. The van der Waals surface area contributed by atoms with E-state index in [0.29, 0.717) is 48.1 Å². The van der Waals surface area contributed by atoms with Gasteiger partial charge in [0, 0.05) is 36.3 Å². The lowest BCUT2D eigenvalue weighted by atomic mass is 9.77. The van der Waals surface area contributed by atoms with Crippen molar-refractivity contribution in [2.45, 2.75) is 70.5 Å². The summed E-state index contributed by atoms with van der Waals surface area (Å²) in [5, 5.41) is 26.5. The lowest BCUT2D eigenvalue weighted by Crippen LogP contribution is -2.54. The maximum absolute atomic E-state index is 8.88. The van der Waals surface area contributed by atoms with Gasteiger partial charge in [0.15, 0.2) is 5.82 Å². The van der Waals surface area contributed by atoms with E-state index in [1.165, 1.54) is 0 Å². The lowest BCUT2D eigenvalue weighted by Gasteiger charge is -2.44. The minimum Gasteiger partial charge on any atom is -0.481 e. The van der Waals surface area contributed by atoms with Crippen molar-refractivity contribution >= 4 is 17.6 Å². The van der Waals surface area contributed by atoms with Crippen molar-refractivity contribution in [2.75, 3.05) is 17.7 Å². The highest BCUT2D eigenvalue weighted by molar-refractivity contribution is 5.57. The van der Waals surface area contributed by atoms with E-state index in [9.17, 15) is 0 Å². The zero-order valence-corrected chi connectivity index (χ0v) is 17.8. The van der Waals surface area contributed by atoms with Crippen LogP contribution in [0.25, 0.3) is 0 Å². The van der Waals surface area contributed by atoms with E-state index >= 15 is 0 Å². The molecule has 2 aliphatic heterocycles. The van der Waals surface area contributed by atoms with E-state index in [1.807, 2.05) is 19.9 Å². The molecule has 0 radical (unpaired) electrons. The number of ether oxygens (including phenoxy) is 1. The average Bonchev–Trinajstić information content (AvgIpc) is 3.12. The monoisotopic (exact) mass is 410 g/mol. The number of hydrogen-bond acceptors (Lipinski definition) is 8. The SMILES string of the molecule is COc1nc(Nc2cc(C)[nH]n2)nc(NC2CC3CC(CCC#N)CC(C2)N3)c1C. The minimum absolute atomic E-state index is 0.344. The van der Waals surface area contributed by atoms with Gasteiger partial charge in [-0.3, -0.25) is 5.10 Å². The standard InChI is InChI=1S/C21H30N8O/c1-12-7-18(29-28-12)25-21-26-19(13(2)20(27-21)30-3)24-17-10-15-8-14(5-4-6-22)9-16(11-17)23-15/h7,14-17,23H,4-5,8-11H2,1-3H3,(H3,24,25,26,27,28,29). The van der Waals surface area contributed by atoms with Gasteiger partial charge in [-0.25, -0.2) is 0 Å². The number of hydrogen-bond donors (Lipinski definition) is 4.